The van der Waals surface area contributed by atoms with E-state index < -0.39 is 65.4 Å². The highest BCUT2D eigenvalue weighted by atomic mass is 16.6. The molecule has 1 aliphatic rings. The average Bonchev–Trinajstić information content (AvgIpc) is 3.08. The Labute approximate surface area is 301 Å². The van der Waals surface area contributed by atoms with E-state index in [2.05, 4.69) is 0 Å². The van der Waals surface area contributed by atoms with Gasteiger partial charge in [-0.25, -0.2) is 4.79 Å². The van der Waals surface area contributed by atoms with Gasteiger partial charge in [-0.3, -0.25) is 9.59 Å². The molecule has 1 saturated heterocycles. The third kappa shape index (κ3) is 12.0. The molecule has 0 radical (unpaired) electrons. The first-order valence-corrected chi connectivity index (χ1v) is 17.3. The van der Waals surface area contributed by atoms with Gasteiger partial charge in [-0.05, 0) is 58.2 Å². The number of hydrogen-bond donors (Lipinski definition) is 0. The summed E-state index contributed by atoms with van der Waals surface area (Å²) in [4.78, 5) is 41.8. The van der Waals surface area contributed by atoms with E-state index in [1.54, 1.807) is 41.5 Å². The number of hydrogen-bond acceptors (Lipinski definition) is 10. The predicted molar refractivity (Wildman–Crippen MR) is 190 cm³/mol. The largest absolute Gasteiger partial charge is 0.467 e. The molecule has 51 heavy (non-hydrogen) atoms. The fourth-order valence-corrected chi connectivity index (χ4v) is 5.98. The second-order valence-corrected chi connectivity index (χ2v) is 14.7. The van der Waals surface area contributed by atoms with Crippen molar-refractivity contribution in [1.82, 2.24) is 0 Å². The average molecular weight is 705 g/mol. The van der Waals surface area contributed by atoms with Gasteiger partial charge in [0.15, 0.2) is 5.60 Å². The Hall–Kier alpha value is -4.09. The maximum atomic E-state index is 14.2. The molecule has 0 bridgehead atoms. The summed E-state index contributed by atoms with van der Waals surface area (Å²) in [5.41, 5.74) is -1.09. The zero-order chi connectivity index (χ0) is 37.1. The number of benzene rings is 3. The molecular weight excluding hydrogens is 652 g/mol. The Morgan fingerprint density at radius 1 is 0.725 bits per heavy atom. The summed E-state index contributed by atoms with van der Waals surface area (Å²) >= 11 is 0. The topological polar surface area (TPSA) is 116 Å². The van der Waals surface area contributed by atoms with E-state index in [0.717, 1.165) is 16.7 Å². The van der Waals surface area contributed by atoms with Crippen LogP contribution in [0.25, 0.3) is 0 Å². The molecule has 1 heterocycles. The van der Waals surface area contributed by atoms with Crippen molar-refractivity contribution in [3.8, 4) is 0 Å². The molecule has 10 nitrogen and oxygen atoms in total. The van der Waals surface area contributed by atoms with E-state index in [1.807, 2.05) is 91.0 Å². The van der Waals surface area contributed by atoms with Gasteiger partial charge in [0.05, 0.1) is 46.1 Å². The standard InChI is InChI=1S/C41H52O10/c1-39(2,3)50-35(42)23-32(37(43)51-40(4,5)6)41(38(44)45-7)24-33(47-26-30-19-13-9-14-20-30)36(48-27-31-21-15-10-16-22-31)34(49-41)28-46-25-29-17-11-8-12-18-29/h8-22,32-34,36H,23-28H2,1-7H3/t32?,33-,34-,36+,41-/m1/s1. The van der Waals surface area contributed by atoms with Crippen LogP contribution in [0.3, 0.4) is 0 Å². The van der Waals surface area contributed by atoms with E-state index in [-0.39, 0.29) is 32.8 Å². The lowest BCUT2D eigenvalue weighted by Gasteiger charge is -2.49. The first kappa shape index (κ1) is 39.7. The number of esters is 3. The van der Waals surface area contributed by atoms with E-state index in [4.69, 9.17) is 33.2 Å². The van der Waals surface area contributed by atoms with Crippen molar-refractivity contribution in [2.75, 3.05) is 13.7 Å². The summed E-state index contributed by atoms with van der Waals surface area (Å²) in [6.07, 6.45) is -3.23. The molecular formula is C41H52O10. The smallest absolute Gasteiger partial charge is 0.339 e. The summed E-state index contributed by atoms with van der Waals surface area (Å²) in [6, 6.07) is 28.9. The molecule has 3 aromatic carbocycles. The molecule has 1 unspecified atom stereocenters. The van der Waals surface area contributed by atoms with Gasteiger partial charge in [0.2, 0.25) is 0 Å². The SMILES string of the molecule is COC(=O)[C@]1(C(CC(=O)OC(C)(C)C)C(=O)OC(C)(C)C)C[C@@H](OCc2ccccc2)[C@H](OCc2ccccc2)[C@@H](COCc2ccccc2)O1. The quantitative estimate of drug-likeness (QED) is 0.124. The highest BCUT2D eigenvalue weighted by molar-refractivity contribution is 5.91. The first-order valence-electron chi connectivity index (χ1n) is 17.3. The van der Waals surface area contributed by atoms with Crippen LogP contribution < -0.4 is 0 Å². The van der Waals surface area contributed by atoms with Crippen LogP contribution in [-0.2, 0) is 67.4 Å². The lowest BCUT2D eigenvalue weighted by atomic mass is 9.76. The summed E-state index contributed by atoms with van der Waals surface area (Å²) in [5, 5.41) is 0. The summed E-state index contributed by atoms with van der Waals surface area (Å²) in [5.74, 6) is -3.84. The lowest BCUT2D eigenvalue weighted by molar-refractivity contribution is -0.270. The molecule has 0 aromatic heterocycles. The molecule has 0 spiro atoms. The van der Waals surface area contributed by atoms with Crippen LogP contribution in [0.4, 0.5) is 0 Å². The molecule has 0 amide bonds. The minimum absolute atomic E-state index is 0.0359. The Morgan fingerprint density at radius 2 is 1.22 bits per heavy atom. The van der Waals surface area contributed by atoms with Crippen molar-refractivity contribution >= 4 is 17.9 Å². The maximum absolute atomic E-state index is 14.2. The normalized spacial score (nSPS) is 21.4. The van der Waals surface area contributed by atoms with Crippen LogP contribution in [-0.4, -0.2) is 66.7 Å². The minimum Gasteiger partial charge on any atom is -0.467 e. The number of carbonyl (C=O) groups is 3. The van der Waals surface area contributed by atoms with Gasteiger partial charge in [-0.1, -0.05) is 91.0 Å². The number of carbonyl (C=O) groups excluding carboxylic acids is 3. The van der Waals surface area contributed by atoms with Gasteiger partial charge in [0, 0.05) is 6.42 Å². The Bertz CT molecular complexity index is 1530. The van der Waals surface area contributed by atoms with Crippen LogP contribution in [0.1, 0.15) is 71.1 Å². The van der Waals surface area contributed by atoms with Crippen molar-refractivity contribution in [2.45, 2.75) is 109 Å². The number of ether oxygens (including phenoxy) is 7. The Balaban J connectivity index is 1.79. The Kier molecular flexibility index (Phi) is 13.9. The fraction of sp³-hybridized carbons (Fsp3) is 0.488. The van der Waals surface area contributed by atoms with Gasteiger partial charge in [0.25, 0.3) is 0 Å². The molecule has 5 atom stereocenters. The predicted octanol–water partition coefficient (Wildman–Crippen LogP) is 6.76. The molecule has 1 aliphatic heterocycles. The van der Waals surface area contributed by atoms with Gasteiger partial charge in [-0.2, -0.15) is 0 Å². The molecule has 276 valence electrons. The van der Waals surface area contributed by atoms with Crippen LogP contribution >= 0.6 is 0 Å². The zero-order valence-electron chi connectivity index (χ0n) is 30.8. The van der Waals surface area contributed by atoms with E-state index >= 15 is 0 Å². The van der Waals surface area contributed by atoms with Crippen molar-refractivity contribution in [3.63, 3.8) is 0 Å². The van der Waals surface area contributed by atoms with Gasteiger partial charge in [0.1, 0.15) is 29.3 Å². The number of rotatable bonds is 15. The van der Waals surface area contributed by atoms with Crippen LogP contribution in [0.15, 0.2) is 91.0 Å². The van der Waals surface area contributed by atoms with Crippen molar-refractivity contribution in [2.24, 2.45) is 5.92 Å². The van der Waals surface area contributed by atoms with E-state index in [0.29, 0.717) is 0 Å². The Morgan fingerprint density at radius 3 is 1.71 bits per heavy atom. The second kappa shape index (κ2) is 17.9. The molecule has 4 rings (SSSR count). The van der Waals surface area contributed by atoms with Crippen molar-refractivity contribution in [1.29, 1.82) is 0 Å². The molecule has 10 heteroatoms. The second-order valence-electron chi connectivity index (χ2n) is 14.7. The molecule has 0 aliphatic carbocycles. The third-order valence-electron chi connectivity index (χ3n) is 8.16. The lowest BCUT2D eigenvalue weighted by Crippen LogP contribution is -2.65. The van der Waals surface area contributed by atoms with Gasteiger partial charge >= 0.3 is 17.9 Å². The summed E-state index contributed by atoms with van der Waals surface area (Å²) < 4.78 is 43.0. The van der Waals surface area contributed by atoms with Crippen LogP contribution in [0.5, 0.6) is 0 Å². The molecule has 1 fully saturated rings. The highest BCUT2D eigenvalue weighted by Crippen LogP contribution is 2.42. The van der Waals surface area contributed by atoms with Crippen molar-refractivity contribution < 1.29 is 47.5 Å². The molecule has 0 N–H and O–H groups in total. The fourth-order valence-electron chi connectivity index (χ4n) is 5.98. The monoisotopic (exact) mass is 704 g/mol. The molecule has 3 aromatic rings. The van der Waals surface area contributed by atoms with Gasteiger partial charge in [-0.15, -0.1) is 0 Å². The van der Waals surface area contributed by atoms with Crippen LogP contribution in [0, 0.1) is 5.92 Å². The van der Waals surface area contributed by atoms with Crippen LogP contribution in [0.2, 0.25) is 0 Å². The molecule has 0 saturated carbocycles. The maximum Gasteiger partial charge on any atom is 0.339 e. The third-order valence-corrected chi connectivity index (χ3v) is 8.16. The van der Waals surface area contributed by atoms with E-state index in [1.165, 1.54) is 7.11 Å². The first-order chi connectivity index (χ1) is 24.2. The van der Waals surface area contributed by atoms with E-state index in [9.17, 15) is 14.4 Å². The number of methoxy groups -OCH3 is 1. The zero-order valence-corrected chi connectivity index (χ0v) is 30.8. The highest BCUT2D eigenvalue weighted by Gasteiger charge is 2.61. The van der Waals surface area contributed by atoms with Gasteiger partial charge < -0.3 is 33.2 Å². The van der Waals surface area contributed by atoms with Crippen molar-refractivity contribution in [3.05, 3.63) is 108 Å². The summed E-state index contributed by atoms with van der Waals surface area (Å²) in [6.45, 7) is 10.9. The summed E-state index contributed by atoms with van der Waals surface area (Å²) in [7, 11) is 1.21. The minimum atomic E-state index is -2.04.